The van der Waals surface area contributed by atoms with E-state index in [2.05, 4.69) is 49.0 Å². The molecule has 4 rings (SSSR count). The highest BCUT2D eigenvalue weighted by Crippen LogP contribution is 2.23. The van der Waals surface area contributed by atoms with Gasteiger partial charge < -0.3 is 15.4 Å². The van der Waals surface area contributed by atoms with Gasteiger partial charge in [0.2, 0.25) is 5.95 Å². The lowest BCUT2D eigenvalue weighted by Crippen LogP contribution is -2.51. The molecule has 2 aliphatic rings. The molecule has 2 aliphatic heterocycles. The van der Waals surface area contributed by atoms with E-state index in [0.29, 0.717) is 11.9 Å². The van der Waals surface area contributed by atoms with Crippen LogP contribution in [0.4, 0.5) is 11.6 Å². The summed E-state index contributed by atoms with van der Waals surface area (Å²) in [7, 11) is 0. The zero-order chi connectivity index (χ0) is 17.1. The van der Waals surface area contributed by atoms with E-state index in [9.17, 15) is 0 Å². The van der Waals surface area contributed by atoms with Crippen LogP contribution in [0.15, 0.2) is 30.6 Å². The molecular formula is C18H24N6O. The lowest BCUT2D eigenvalue weighted by Gasteiger charge is -2.41. The normalized spacial score (nSPS) is 19.9. The highest BCUT2D eigenvalue weighted by Gasteiger charge is 2.25. The minimum atomic E-state index is 0.248. The molecule has 2 saturated heterocycles. The Morgan fingerprint density at radius 2 is 1.68 bits per heavy atom. The molecule has 132 valence electrons. The molecule has 0 unspecified atom stereocenters. The summed E-state index contributed by atoms with van der Waals surface area (Å²) < 4.78 is 5.48. The van der Waals surface area contributed by atoms with Gasteiger partial charge in [0.15, 0.2) is 5.82 Å². The van der Waals surface area contributed by atoms with Crippen LogP contribution in [0.25, 0.3) is 11.4 Å². The predicted octanol–water partition coefficient (Wildman–Crippen LogP) is 1.42. The summed E-state index contributed by atoms with van der Waals surface area (Å²) in [6.45, 7) is 6.19. The molecule has 2 fully saturated rings. The monoisotopic (exact) mass is 340 g/mol. The van der Waals surface area contributed by atoms with Gasteiger partial charge in [-0.05, 0) is 37.1 Å². The van der Waals surface area contributed by atoms with E-state index < -0.39 is 0 Å². The molecular weight excluding hydrogens is 316 g/mol. The number of hydrogen-bond donors (Lipinski definition) is 1. The van der Waals surface area contributed by atoms with Crippen molar-refractivity contribution in [2.75, 3.05) is 50.0 Å². The first kappa shape index (κ1) is 16.2. The summed E-state index contributed by atoms with van der Waals surface area (Å²) in [6.07, 6.45) is 3.79. The smallest absolute Gasteiger partial charge is 0.223 e. The molecule has 0 saturated carbocycles. The Kier molecular flexibility index (Phi) is 4.76. The third-order valence-electron chi connectivity index (χ3n) is 5.10. The van der Waals surface area contributed by atoms with E-state index in [0.717, 1.165) is 45.0 Å². The van der Waals surface area contributed by atoms with Gasteiger partial charge in [-0.3, -0.25) is 4.90 Å². The van der Waals surface area contributed by atoms with Crippen molar-refractivity contribution in [1.82, 2.24) is 19.9 Å². The molecule has 0 aliphatic carbocycles. The van der Waals surface area contributed by atoms with E-state index in [1.54, 1.807) is 0 Å². The largest absolute Gasteiger partial charge is 0.381 e. The Bertz CT molecular complexity index is 693. The second kappa shape index (κ2) is 7.33. The Labute approximate surface area is 147 Å². The van der Waals surface area contributed by atoms with E-state index in [1.807, 2.05) is 0 Å². The first-order valence-corrected chi connectivity index (χ1v) is 8.91. The molecule has 0 spiro atoms. The molecule has 7 heteroatoms. The lowest BCUT2D eigenvalue weighted by atomic mass is 10.1. The summed E-state index contributed by atoms with van der Waals surface area (Å²) in [4.78, 5) is 17.3. The van der Waals surface area contributed by atoms with Crippen molar-refractivity contribution in [3.05, 3.63) is 30.6 Å². The highest BCUT2D eigenvalue weighted by molar-refractivity contribution is 5.61. The molecule has 0 radical (unpaired) electrons. The van der Waals surface area contributed by atoms with Crippen LogP contribution >= 0.6 is 0 Å². The van der Waals surface area contributed by atoms with E-state index >= 15 is 0 Å². The quantitative estimate of drug-likeness (QED) is 0.905. The molecule has 7 nitrogen and oxygen atoms in total. The van der Waals surface area contributed by atoms with Gasteiger partial charge >= 0.3 is 0 Å². The minimum Gasteiger partial charge on any atom is -0.381 e. The van der Waals surface area contributed by atoms with Crippen LogP contribution in [-0.4, -0.2) is 65.3 Å². The summed E-state index contributed by atoms with van der Waals surface area (Å²) in [5.74, 6) is 0.863. The van der Waals surface area contributed by atoms with Crippen LogP contribution < -0.4 is 10.6 Å². The second-order valence-corrected chi connectivity index (χ2v) is 6.58. The van der Waals surface area contributed by atoms with Gasteiger partial charge in [-0.25, -0.2) is 9.97 Å². The maximum absolute atomic E-state index is 5.63. The number of rotatable bonds is 3. The third kappa shape index (κ3) is 3.72. The van der Waals surface area contributed by atoms with Gasteiger partial charge in [-0.2, -0.15) is 4.98 Å². The molecule has 3 heterocycles. The van der Waals surface area contributed by atoms with Crippen LogP contribution in [0.1, 0.15) is 12.8 Å². The molecule has 0 atom stereocenters. The molecule has 1 aromatic heterocycles. The number of aromatic nitrogens is 3. The average molecular weight is 340 g/mol. The zero-order valence-electron chi connectivity index (χ0n) is 14.3. The van der Waals surface area contributed by atoms with Crippen LogP contribution in [-0.2, 0) is 4.74 Å². The second-order valence-electron chi connectivity index (χ2n) is 6.58. The van der Waals surface area contributed by atoms with E-state index in [1.165, 1.54) is 24.9 Å². The summed E-state index contributed by atoms with van der Waals surface area (Å²) in [5, 5.41) is 0. The topological polar surface area (TPSA) is 80.4 Å². The van der Waals surface area contributed by atoms with Crippen molar-refractivity contribution in [3.63, 3.8) is 0 Å². The number of hydrogen-bond acceptors (Lipinski definition) is 7. The number of piperazine rings is 1. The average Bonchev–Trinajstić information content (AvgIpc) is 2.69. The van der Waals surface area contributed by atoms with Gasteiger partial charge in [-0.1, -0.05) is 0 Å². The molecule has 25 heavy (non-hydrogen) atoms. The van der Waals surface area contributed by atoms with Crippen LogP contribution in [0.2, 0.25) is 0 Å². The number of nitrogens with zero attached hydrogens (tertiary/aromatic N) is 5. The first-order chi connectivity index (χ1) is 12.3. The summed E-state index contributed by atoms with van der Waals surface area (Å²) in [5.41, 5.74) is 7.84. The maximum atomic E-state index is 5.63. The van der Waals surface area contributed by atoms with Crippen LogP contribution in [0.5, 0.6) is 0 Å². The van der Waals surface area contributed by atoms with Crippen LogP contribution in [0, 0.1) is 0 Å². The predicted molar refractivity (Wildman–Crippen MR) is 97.3 cm³/mol. The zero-order valence-corrected chi connectivity index (χ0v) is 14.3. The van der Waals surface area contributed by atoms with Gasteiger partial charge in [0, 0.05) is 56.7 Å². The van der Waals surface area contributed by atoms with Crippen molar-refractivity contribution in [2.45, 2.75) is 18.9 Å². The Balaban J connectivity index is 1.38. The van der Waals surface area contributed by atoms with Gasteiger partial charge in [0.1, 0.15) is 6.33 Å². The van der Waals surface area contributed by atoms with Crippen molar-refractivity contribution in [1.29, 1.82) is 0 Å². The Morgan fingerprint density at radius 1 is 0.960 bits per heavy atom. The third-order valence-corrected chi connectivity index (χ3v) is 5.10. The molecule has 2 aromatic rings. The van der Waals surface area contributed by atoms with Crippen molar-refractivity contribution in [2.24, 2.45) is 0 Å². The summed E-state index contributed by atoms with van der Waals surface area (Å²) >= 11 is 0. The molecule has 1 aromatic carbocycles. The van der Waals surface area contributed by atoms with E-state index in [4.69, 9.17) is 10.5 Å². The number of ether oxygens (including phenoxy) is 1. The maximum Gasteiger partial charge on any atom is 0.223 e. The number of benzene rings is 1. The summed E-state index contributed by atoms with van der Waals surface area (Å²) in [6, 6.07) is 9.08. The Hall–Kier alpha value is -2.25. The number of nitrogens with two attached hydrogens (primary N) is 1. The van der Waals surface area contributed by atoms with Crippen molar-refractivity contribution in [3.8, 4) is 11.4 Å². The molecule has 0 amide bonds. The minimum absolute atomic E-state index is 0.248. The van der Waals surface area contributed by atoms with Crippen LogP contribution in [0.3, 0.4) is 0 Å². The lowest BCUT2D eigenvalue weighted by molar-refractivity contribution is 0.0321. The standard InChI is InChI=1S/C18H24N6O/c19-18-21-13-20-17(22-18)14-1-3-15(4-2-14)23-7-9-24(10-8-23)16-5-11-25-12-6-16/h1-4,13,16H,5-12H2,(H2,19,20,21,22). The van der Waals surface area contributed by atoms with E-state index in [-0.39, 0.29) is 5.95 Å². The number of anilines is 2. The molecule has 2 N–H and O–H groups in total. The Morgan fingerprint density at radius 3 is 2.36 bits per heavy atom. The van der Waals surface area contributed by atoms with Crippen molar-refractivity contribution >= 4 is 11.6 Å². The molecule has 0 bridgehead atoms. The van der Waals surface area contributed by atoms with Gasteiger partial charge in [0.05, 0.1) is 0 Å². The first-order valence-electron chi connectivity index (χ1n) is 8.91. The van der Waals surface area contributed by atoms with Gasteiger partial charge in [0.25, 0.3) is 0 Å². The highest BCUT2D eigenvalue weighted by atomic mass is 16.5. The fourth-order valence-electron chi connectivity index (χ4n) is 3.66. The fourth-order valence-corrected chi connectivity index (χ4v) is 3.66. The number of nitrogen functional groups attached to an aromatic ring is 1. The SMILES string of the molecule is Nc1ncnc(-c2ccc(N3CCN(C4CCOCC4)CC3)cc2)n1. The van der Waals surface area contributed by atoms with Gasteiger partial charge in [-0.15, -0.1) is 0 Å². The van der Waals surface area contributed by atoms with Crippen molar-refractivity contribution < 1.29 is 4.74 Å². The fraction of sp³-hybridized carbons (Fsp3) is 0.500.